The normalized spacial score (nSPS) is 16.9. The van der Waals surface area contributed by atoms with Crippen molar-refractivity contribution in [2.75, 3.05) is 18.5 Å². The lowest BCUT2D eigenvalue weighted by Crippen LogP contribution is -2.13. The number of fused-ring (bicyclic) bond motifs is 2. The van der Waals surface area contributed by atoms with E-state index in [1.165, 1.54) is 21.3 Å². The molecule has 3 aromatic rings. The van der Waals surface area contributed by atoms with Crippen molar-refractivity contribution in [2.45, 2.75) is 5.92 Å². The molecule has 0 saturated carbocycles. The van der Waals surface area contributed by atoms with Gasteiger partial charge in [0.1, 0.15) is 5.75 Å². The van der Waals surface area contributed by atoms with Gasteiger partial charge < -0.3 is 10.1 Å². The highest BCUT2D eigenvalue weighted by Crippen LogP contribution is 2.33. The third kappa shape index (κ3) is 2.04. The molecule has 2 nitrogen and oxygen atoms in total. The number of rotatable bonds is 3. The second-order valence-corrected chi connectivity index (χ2v) is 6.05. The third-order valence-electron chi connectivity index (χ3n) is 3.80. The predicted octanol–water partition coefficient (Wildman–Crippen LogP) is 4.49. The molecule has 1 atom stereocenters. The van der Waals surface area contributed by atoms with Crippen molar-refractivity contribution in [3.05, 3.63) is 59.5 Å². The van der Waals surface area contributed by atoms with E-state index in [-0.39, 0.29) is 0 Å². The molecule has 0 radical (unpaired) electrons. The number of ether oxygens (including phenoxy) is 1. The second kappa shape index (κ2) is 4.84. The number of thiophene rings is 1. The molecule has 100 valence electrons. The van der Waals surface area contributed by atoms with Crippen molar-refractivity contribution in [3.63, 3.8) is 0 Å². The second-order valence-electron chi connectivity index (χ2n) is 5.10. The van der Waals surface area contributed by atoms with E-state index < -0.39 is 0 Å². The summed E-state index contributed by atoms with van der Waals surface area (Å²) in [6.07, 6.45) is 0. The molecular formula is C17H15NOS. The van der Waals surface area contributed by atoms with Crippen LogP contribution in [-0.2, 0) is 0 Å². The lowest BCUT2D eigenvalue weighted by Gasteiger charge is -2.11. The van der Waals surface area contributed by atoms with Gasteiger partial charge in [-0.3, -0.25) is 0 Å². The molecule has 1 aliphatic rings. The molecule has 1 aromatic heterocycles. The van der Waals surface area contributed by atoms with Crippen LogP contribution < -0.4 is 10.1 Å². The SMILES string of the molecule is c1ccc2c(c1)OCC2CNc1ccc2sccc2c1. The summed E-state index contributed by atoms with van der Waals surface area (Å²) in [5.74, 6) is 1.47. The van der Waals surface area contributed by atoms with E-state index >= 15 is 0 Å². The van der Waals surface area contributed by atoms with Crippen LogP contribution in [0.3, 0.4) is 0 Å². The predicted molar refractivity (Wildman–Crippen MR) is 85.0 cm³/mol. The van der Waals surface area contributed by atoms with Crippen molar-refractivity contribution in [1.82, 2.24) is 0 Å². The fourth-order valence-corrected chi connectivity index (χ4v) is 3.49. The van der Waals surface area contributed by atoms with Gasteiger partial charge in [-0.05, 0) is 41.1 Å². The molecule has 4 rings (SSSR count). The van der Waals surface area contributed by atoms with Crippen LogP contribution in [0.2, 0.25) is 0 Å². The first kappa shape index (κ1) is 11.8. The topological polar surface area (TPSA) is 21.3 Å². The average Bonchev–Trinajstić information content (AvgIpc) is 3.11. The average molecular weight is 281 g/mol. The zero-order valence-electron chi connectivity index (χ0n) is 11.0. The van der Waals surface area contributed by atoms with Crippen LogP contribution in [0.1, 0.15) is 11.5 Å². The van der Waals surface area contributed by atoms with E-state index in [1.807, 2.05) is 12.1 Å². The Bertz CT molecular complexity index is 749. The first-order valence-electron chi connectivity index (χ1n) is 6.83. The Balaban J connectivity index is 1.51. The van der Waals surface area contributed by atoms with E-state index in [9.17, 15) is 0 Å². The zero-order chi connectivity index (χ0) is 13.4. The van der Waals surface area contributed by atoms with Gasteiger partial charge in [-0.1, -0.05) is 18.2 Å². The van der Waals surface area contributed by atoms with Crippen LogP contribution in [0.4, 0.5) is 5.69 Å². The molecule has 0 saturated heterocycles. The van der Waals surface area contributed by atoms with Crippen LogP contribution in [-0.4, -0.2) is 13.2 Å². The Labute approximate surface area is 122 Å². The summed E-state index contributed by atoms with van der Waals surface area (Å²) < 4.78 is 7.06. The minimum atomic E-state index is 0.435. The van der Waals surface area contributed by atoms with Gasteiger partial charge in [-0.2, -0.15) is 0 Å². The lowest BCUT2D eigenvalue weighted by molar-refractivity contribution is 0.334. The number of benzene rings is 2. The smallest absolute Gasteiger partial charge is 0.122 e. The van der Waals surface area contributed by atoms with E-state index in [1.54, 1.807) is 11.3 Å². The monoisotopic (exact) mass is 281 g/mol. The Kier molecular flexibility index (Phi) is 2.85. The Hall–Kier alpha value is -2.00. The fourth-order valence-electron chi connectivity index (χ4n) is 2.72. The molecule has 2 aromatic carbocycles. The molecule has 1 aliphatic heterocycles. The minimum absolute atomic E-state index is 0.435. The molecule has 20 heavy (non-hydrogen) atoms. The van der Waals surface area contributed by atoms with Crippen LogP contribution in [0.25, 0.3) is 10.1 Å². The maximum Gasteiger partial charge on any atom is 0.122 e. The van der Waals surface area contributed by atoms with Gasteiger partial charge >= 0.3 is 0 Å². The van der Waals surface area contributed by atoms with Crippen LogP contribution in [0, 0.1) is 0 Å². The van der Waals surface area contributed by atoms with E-state index in [2.05, 4.69) is 47.1 Å². The summed E-state index contributed by atoms with van der Waals surface area (Å²) in [7, 11) is 0. The summed E-state index contributed by atoms with van der Waals surface area (Å²) >= 11 is 1.78. The molecule has 0 bridgehead atoms. The van der Waals surface area contributed by atoms with Crippen molar-refractivity contribution in [3.8, 4) is 5.75 Å². The molecule has 2 heterocycles. The van der Waals surface area contributed by atoms with Gasteiger partial charge in [0.2, 0.25) is 0 Å². The lowest BCUT2D eigenvalue weighted by atomic mass is 10.0. The largest absolute Gasteiger partial charge is 0.493 e. The zero-order valence-corrected chi connectivity index (χ0v) is 11.8. The highest BCUT2D eigenvalue weighted by Gasteiger charge is 2.23. The summed E-state index contributed by atoms with van der Waals surface area (Å²) in [5, 5.41) is 6.98. The van der Waals surface area contributed by atoms with E-state index in [0.29, 0.717) is 5.92 Å². The number of hydrogen-bond donors (Lipinski definition) is 1. The van der Waals surface area contributed by atoms with Gasteiger partial charge in [0.15, 0.2) is 0 Å². The first-order valence-corrected chi connectivity index (χ1v) is 7.71. The van der Waals surface area contributed by atoms with Gasteiger partial charge in [-0.25, -0.2) is 0 Å². The summed E-state index contributed by atoms with van der Waals surface area (Å²) in [4.78, 5) is 0. The molecule has 0 fully saturated rings. The third-order valence-corrected chi connectivity index (χ3v) is 4.70. The Morgan fingerprint density at radius 1 is 1.15 bits per heavy atom. The van der Waals surface area contributed by atoms with E-state index in [4.69, 9.17) is 4.74 Å². The summed E-state index contributed by atoms with van der Waals surface area (Å²) in [6.45, 7) is 1.68. The molecule has 3 heteroatoms. The van der Waals surface area contributed by atoms with Crippen molar-refractivity contribution < 1.29 is 4.74 Å². The molecule has 1 N–H and O–H groups in total. The number of para-hydroxylation sites is 1. The van der Waals surface area contributed by atoms with Crippen molar-refractivity contribution in [2.24, 2.45) is 0 Å². The van der Waals surface area contributed by atoms with Gasteiger partial charge in [0.25, 0.3) is 0 Å². The summed E-state index contributed by atoms with van der Waals surface area (Å²) in [6, 6.07) is 17.0. The van der Waals surface area contributed by atoms with Crippen LogP contribution in [0.5, 0.6) is 5.75 Å². The molecule has 0 spiro atoms. The Morgan fingerprint density at radius 2 is 2.10 bits per heavy atom. The maximum absolute atomic E-state index is 5.72. The minimum Gasteiger partial charge on any atom is -0.493 e. The maximum atomic E-state index is 5.72. The standard InChI is InChI=1S/C17H15NOS/c1-2-4-16-15(3-1)13(11-19-16)10-18-14-5-6-17-12(9-14)7-8-20-17/h1-9,13,18H,10-11H2. The number of anilines is 1. The van der Waals surface area contributed by atoms with Crippen LogP contribution >= 0.6 is 11.3 Å². The molecule has 1 unspecified atom stereocenters. The van der Waals surface area contributed by atoms with Gasteiger partial charge in [0.05, 0.1) is 6.61 Å². The first-order chi connectivity index (χ1) is 9.90. The van der Waals surface area contributed by atoms with Gasteiger partial charge in [-0.15, -0.1) is 11.3 Å². The molecule has 0 amide bonds. The summed E-state index contributed by atoms with van der Waals surface area (Å²) in [5.41, 5.74) is 2.50. The van der Waals surface area contributed by atoms with Crippen LogP contribution in [0.15, 0.2) is 53.9 Å². The van der Waals surface area contributed by atoms with Crippen molar-refractivity contribution in [1.29, 1.82) is 0 Å². The molecular weight excluding hydrogens is 266 g/mol. The van der Waals surface area contributed by atoms with Crippen molar-refractivity contribution >= 4 is 27.1 Å². The van der Waals surface area contributed by atoms with Gasteiger partial charge in [0, 0.05) is 28.4 Å². The quantitative estimate of drug-likeness (QED) is 0.763. The number of nitrogens with one attached hydrogen (secondary N) is 1. The Morgan fingerprint density at radius 3 is 3.10 bits per heavy atom. The van der Waals surface area contributed by atoms with E-state index in [0.717, 1.165) is 18.9 Å². The fraction of sp³-hybridized carbons (Fsp3) is 0.176. The number of hydrogen-bond acceptors (Lipinski definition) is 3. The molecule has 0 aliphatic carbocycles. The highest BCUT2D eigenvalue weighted by molar-refractivity contribution is 7.17. The highest BCUT2D eigenvalue weighted by atomic mass is 32.1.